The van der Waals surface area contributed by atoms with Gasteiger partial charge in [0.1, 0.15) is 0 Å². The van der Waals surface area contributed by atoms with Gasteiger partial charge >= 0.3 is 0 Å². The van der Waals surface area contributed by atoms with Crippen LogP contribution in [0.15, 0.2) is 18.2 Å². The number of benzene rings is 1. The second kappa shape index (κ2) is 6.60. The molecule has 106 valence electrons. The largest absolute Gasteiger partial charge is 0.391 e. The van der Waals surface area contributed by atoms with Gasteiger partial charge in [-0.15, -0.1) is 0 Å². The summed E-state index contributed by atoms with van der Waals surface area (Å²) in [5.41, 5.74) is 2.40. The van der Waals surface area contributed by atoms with Crippen LogP contribution in [0.4, 0.5) is 5.69 Å². The average Bonchev–Trinajstić information content (AvgIpc) is 2.40. The van der Waals surface area contributed by atoms with E-state index in [0.29, 0.717) is 12.5 Å². The van der Waals surface area contributed by atoms with Crippen molar-refractivity contribution < 1.29 is 5.11 Å². The Kier molecular flexibility index (Phi) is 5.08. The van der Waals surface area contributed by atoms with Crippen LogP contribution in [-0.4, -0.2) is 30.8 Å². The molecule has 1 aromatic rings. The zero-order valence-corrected chi connectivity index (χ0v) is 12.5. The third kappa shape index (κ3) is 3.62. The summed E-state index contributed by atoms with van der Waals surface area (Å²) in [6.07, 6.45) is 0.793. The van der Waals surface area contributed by atoms with Crippen molar-refractivity contribution >= 4 is 17.3 Å². The van der Waals surface area contributed by atoms with Crippen LogP contribution in [0.3, 0.4) is 0 Å². The minimum atomic E-state index is -0.239. The Labute approximate surface area is 120 Å². The molecule has 1 heterocycles. The molecule has 1 aliphatic heterocycles. The fourth-order valence-electron chi connectivity index (χ4n) is 2.53. The predicted octanol–water partition coefficient (Wildman–Crippen LogP) is 2.66. The van der Waals surface area contributed by atoms with Crippen LogP contribution in [0, 0.1) is 5.92 Å². The van der Waals surface area contributed by atoms with E-state index in [1.807, 2.05) is 12.1 Å². The Morgan fingerprint density at radius 3 is 2.95 bits per heavy atom. The third-order valence-corrected chi connectivity index (χ3v) is 4.10. The maximum absolute atomic E-state index is 10.0. The van der Waals surface area contributed by atoms with Gasteiger partial charge in [-0.2, -0.15) is 0 Å². The van der Waals surface area contributed by atoms with Crippen LogP contribution in [0.25, 0.3) is 0 Å². The van der Waals surface area contributed by atoms with Crippen LogP contribution in [0.1, 0.15) is 25.8 Å². The molecule has 0 aliphatic carbocycles. The molecule has 0 spiro atoms. The van der Waals surface area contributed by atoms with Gasteiger partial charge in [0, 0.05) is 30.3 Å². The quantitative estimate of drug-likeness (QED) is 0.891. The number of aliphatic hydroxyl groups is 1. The number of hydrogen-bond donors (Lipinski definition) is 2. The zero-order valence-electron chi connectivity index (χ0n) is 11.7. The van der Waals surface area contributed by atoms with E-state index >= 15 is 0 Å². The van der Waals surface area contributed by atoms with Crippen molar-refractivity contribution in [1.29, 1.82) is 0 Å². The number of nitrogens with zero attached hydrogens (tertiary/aromatic N) is 1. The summed E-state index contributed by atoms with van der Waals surface area (Å²) in [5, 5.41) is 14.2. The highest BCUT2D eigenvalue weighted by Crippen LogP contribution is 2.28. The Balaban J connectivity index is 2.18. The zero-order chi connectivity index (χ0) is 13.8. The molecule has 1 saturated heterocycles. The van der Waals surface area contributed by atoms with Crippen LogP contribution in [0.2, 0.25) is 5.02 Å². The number of hydrogen-bond acceptors (Lipinski definition) is 3. The van der Waals surface area contributed by atoms with E-state index in [2.05, 4.69) is 30.1 Å². The van der Waals surface area contributed by atoms with E-state index in [1.165, 1.54) is 11.3 Å². The second-order valence-corrected chi connectivity index (χ2v) is 5.77. The highest BCUT2D eigenvalue weighted by molar-refractivity contribution is 6.30. The molecule has 0 amide bonds. The van der Waals surface area contributed by atoms with E-state index in [-0.39, 0.29) is 6.10 Å². The van der Waals surface area contributed by atoms with Crippen molar-refractivity contribution in [2.24, 2.45) is 5.92 Å². The molecular formula is C15H23ClN2O. The van der Waals surface area contributed by atoms with Crippen molar-refractivity contribution in [3.63, 3.8) is 0 Å². The molecule has 0 radical (unpaired) electrons. The number of halogens is 1. The molecular weight excluding hydrogens is 260 g/mol. The first kappa shape index (κ1) is 14.6. The number of rotatable bonds is 4. The van der Waals surface area contributed by atoms with Gasteiger partial charge in [0.2, 0.25) is 0 Å². The first-order valence-electron chi connectivity index (χ1n) is 7.04. The van der Waals surface area contributed by atoms with Crippen molar-refractivity contribution in [2.45, 2.75) is 32.9 Å². The van der Waals surface area contributed by atoms with E-state index in [4.69, 9.17) is 11.6 Å². The molecule has 2 rings (SSSR count). The molecule has 19 heavy (non-hydrogen) atoms. The summed E-state index contributed by atoms with van der Waals surface area (Å²) in [7, 11) is 0. The molecule has 2 N–H and O–H groups in total. The molecule has 1 aliphatic rings. The van der Waals surface area contributed by atoms with Gasteiger partial charge in [-0.25, -0.2) is 0 Å². The molecule has 0 saturated carbocycles. The standard InChI is InChI=1S/C15H23ClN2O/c1-3-17-9-12-8-13(16)4-5-14(12)18-7-6-11(2)15(19)10-18/h4-5,8,11,15,17,19H,3,6-7,9-10H2,1-2H3. The number of anilines is 1. The molecule has 1 fully saturated rings. The number of β-amino-alcohol motifs (C(OH)–C–C–N with tert-alkyl or cyclic N) is 1. The van der Waals surface area contributed by atoms with Crippen molar-refractivity contribution in [3.8, 4) is 0 Å². The first-order chi connectivity index (χ1) is 9.11. The normalized spacial score (nSPS) is 23.7. The lowest BCUT2D eigenvalue weighted by atomic mass is 9.95. The molecule has 2 unspecified atom stereocenters. The van der Waals surface area contributed by atoms with Gasteiger partial charge in [-0.3, -0.25) is 0 Å². The predicted molar refractivity (Wildman–Crippen MR) is 80.8 cm³/mol. The highest BCUT2D eigenvalue weighted by Gasteiger charge is 2.25. The van der Waals surface area contributed by atoms with Crippen molar-refractivity contribution in [3.05, 3.63) is 28.8 Å². The highest BCUT2D eigenvalue weighted by atomic mass is 35.5. The van der Waals surface area contributed by atoms with Crippen molar-refractivity contribution in [1.82, 2.24) is 5.32 Å². The maximum Gasteiger partial charge on any atom is 0.0741 e. The lowest BCUT2D eigenvalue weighted by molar-refractivity contribution is 0.103. The summed E-state index contributed by atoms with van der Waals surface area (Å²) in [4.78, 5) is 2.27. The number of aliphatic hydroxyl groups excluding tert-OH is 1. The third-order valence-electron chi connectivity index (χ3n) is 3.87. The van der Waals surface area contributed by atoms with Gasteiger partial charge < -0.3 is 15.3 Å². The van der Waals surface area contributed by atoms with Gasteiger partial charge in [0.05, 0.1) is 6.10 Å². The van der Waals surface area contributed by atoms with Gasteiger partial charge in [0.15, 0.2) is 0 Å². The van der Waals surface area contributed by atoms with Gasteiger partial charge in [-0.05, 0) is 42.6 Å². The smallest absolute Gasteiger partial charge is 0.0741 e. The number of piperidine rings is 1. The Morgan fingerprint density at radius 2 is 2.26 bits per heavy atom. The molecule has 2 atom stereocenters. The molecule has 3 nitrogen and oxygen atoms in total. The van der Waals surface area contributed by atoms with Crippen LogP contribution >= 0.6 is 11.6 Å². The van der Waals surface area contributed by atoms with Gasteiger partial charge in [-0.1, -0.05) is 25.4 Å². The average molecular weight is 283 g/mol. The second-order valence-electron chi connectivity index (χ2n) is 5.33. The Hall–Kier alpha value is -0.770. The van der Waals surface area contributed by atoms with Crippen LogP contribution in [-0.2, 0) is 6.54 Å². The monoisotopic (exact) mass is 282 g/mol. The van der Waals surface area contributed by atoms with E-state index in [9.17, 15) is 5.11 Å². The fourth-order valence-corrected chi connectivity index (χ4v) is 2.73. The lowest BCUT2D eigenvalue weighted by Gasteiger charge is -2.37. The maximum atomic E-state index is 10.0. The molecule has 1 aromatic carbocycles. The topological polar surface area (TPSA) is 35.5 Å². The van der Waals surface area contributed by atoms with Crippen molar-refractivity contribution in [2.75, 3.05) is 24.5 Å². The van der Waals surface area contributed by atoms with E-state index < -0.39 is 0 Å². The fraction of sp³-hybridized carbons (Fsp3) is 0.600. The minimum absolute atomic E-state index is 0.239. The van der Waals surface area contributed by atoms with Gasteiger partial charge in [0.25, 0.3) is 0 Å². The minimum Gasteiger partial charge on any atom is -0.391 e. The summed E-state index contributed by atoms with van der Waals surface area (Å²) in [6.45, 7) is 7.67. The lowest BCUT2D eigenvalue weighted by Crippen LogP contribution is -2.43. The summed E-state index contributed by atoms with van der Waals surface area (Å²) >= 11 is 6.09. The number of nitrogens with one attached hydrogen (secondary N) is 1. The molecule has 0 bridgehead atoms. The van der Waals surface area contributed by atoms with E-state index in [1.54, 1.807) is 0 Å². The SMILES string of the molecule is CCNCc1cc(Cl)ccc1N1CCC(C)C(O)C1. The van der Waals surface area contributed by atoms with Crippen LogP contribution < -0.4 is 10.2 Å². The first-order valence-corrected chi connectivity index (χ1v) is 7.41. The summed E-state index contributed by atoms with van der Waals surface area (Å²) in [6, 6.07) is 6.01. The molecule has 4 heteroatoms. The molecule has 0 aromatic heterocycles. The summed E-state index contributed by atoms with van der Waals surface area (Å²) in [5.74, 6) is 0.390. The van der Waals surface area contributed by atoms with Crippen LogP contribution in [0.5, 0.6) is 0 Å². The Morgan fingerprint density at radius 1 is 1.47 bits per heavy atom. The van der Waals surface area contributed by atoms with E-state index in [0.717, 1.165) is 31.1 Å². The Bertz CT molecular complexity index is 425. The summed E-state index contributed by atoms with van der Waals surface area (Å²) < 4.78 is 0.